The predicted octanol–water partition coefficient (Wildman–Crippen LogP) is 2.26. The van der Waals surface area contributed by atoms with E-state index in [0.29, 0.717) is 13.0 Å². The summed E-state index contributed by atoms with van der Waals surface area (Å²) in [5, 5.41) is 8.95. The molecule has 2 aliphatic rings. The number of nitriles is 1. The Kier molecular flexibility index (Phi) is 8.13. The summed E-state index contributed by atoms with van der Waals surface area (Å²) in [7, 11) is -1.54. The lowest BCUT2D eigenvalue weighted by Gasteiger charge is -2.38. The van der Waals surface area contributed by atoms with Gasteiger partial charge in [0.05, 0.1) is 25.7 Å². The van der Waals surface area contributed by atoms with Crippen LogP contribution < -0.4 is 11.2 Å². The monoisotopic (exact) mass is 478 g/mol. The second-order valence-corrected chi connectivity index (χ2v) is 10.0. The molecule has 0 saturated carbocycles. The van der Waals surface area contributed by atoms with Gasteiger partial charge in [-0.2, -0.15) is 5.26 Å². The van der Waals surface area contributed by atoms with E-state index in [1.54, 1.807) is 0 Å². The fourth-order valence-electron chi connectivity index (χ4n) is 4.27. The molecule has 3 heterocycles. The first-order valence-corrected chi connectivity index (χ1v) is 12.2. The number of ether oxygens (including phenoxy) is 2. The molecule has 0 spiro atoms. The van der Waals surface area contributed by atoms with Gasteiger partial charge in [-0.05, 0) is 34.1 Å². The minimum atomic E-state index is -1.54. The standard InChI is InChI=1S/C22H31N4O6P/c1-7-16-12-25(21(28)24-19(16)27)20-17-18(22(8-2,31-20)13-29-17)32-33(30-11-9-10-23)26(14(3)4)15(5)6/h1,12,14-15,17-18,20H,8-9,11,13H2,2-6H3,(H,24,27,28)/t17-,18?,20-,22-,33?/m1/s1. The van der Waals surface area contributed by atoms with Crippen LogP contribution in [-0.2, 0) is 18.5 Å². The fraction of sp³-hybridized carbons (Fsp3) is 0.682. The SMILES string of the molecule is C#Cc1cn([C@@H]2O[C@]3(CC)CO[C@@H]2C3OP(OCCC#N)N(C(C)C)C(C)C)c(=O)[nH]c1=O. The van der Waals surface area contributed by atoms with E-state index in [-0.39, 0.29) is 30.7 Å². The summed E-state index contributed by atoms with van der Waals surface area (Å²) in [6.07, 6.45) is 5.61. The van der Waals surface area contributed by atoms with Crippen LogP contribution in [0.2, 0.25) is 0 Å². The Labute approximate surface area is 194 Å². The first-order valence-electron chi connectivity index (χ1n) is 11.1. The maximum Gasteiger partial charge on any atom is 0.330 e. The molecule has 1 aromatic heterocycles. The van der Waals surface area contributed by atoms with Gasteiger partial charge in [-0.25, -0.2) is 9.46 Å². The highest BCUT2D eigenvalue weighted by atomic mass is 31.2. The number of fused-ring (bicyclic) bond motifs is 2. The van der Waals surface area contributed by atoms with Gasteiger partial charge in [0.15, 0.2) is 6.23 Å². The van der Waals surface area contributed by atoms with Crippen molar-refractivity contribution in [1.82, 2.24) is 14.2 Å². The highest BCUT2D eigenvalue weighted by molar-refractivity contribution is 7.44. The van der Waals surface area contributed by atoms with Gasteiger partial charge in [-0.1, -0.05) is 12.8 Å². The average molecular weight is 478 g/mol. The van der Waals surface area contributed by atoms with E-state index < -0.39 is 43.8 Å². The van der Waals surface area contributed by atoms with Crippen molar-refractivity contribution in [3.05, 3.63) is 32.6 Å². The van der Waals surface area contributed by atoms with Crippen LogP contribution >= 0.6 is 8.53 Å². The van der Waals surface area contributed by atoms with Crippen LogP contribution in [0.5, 0.6) is 0 Å². The van der Waals surface area contributed by atoms with E-state index in [9.17, 15) is 9.59 Å². The first-order chi connectivity index (χ1) is 15.7. The van der Waals surface area contributed by atoms with Crippen molar-refractivity contribution in [3.63, 3.8) is 0 Å². The van der Waals surface area contributed by atoms with Crippen LogP contribution in [0.15, 0.2) is 15.8 Å². The summed E-state index contributed by atoms with van der Waals surface area (Å²) >= 11 is 0. The summed E-state index contributed by atoms with van der Waals surface area (Å²) in [5.41, 5.74) is -2.03. The van der Waals surface area contributed by atoms with E-state index in [2.05, 4.69) is 49.3 Å². The molecule has 10 nitrogen and oxygen atoms in total. The zero-order valence-corrected chi connectivity index (χ0v) is 20.5. The number of H-pyrrole nitrogens is 1. The zero-order valence-electron chi connectivity index (χ0n) is 19.6. The Morgan fingerprint density at radius 2 is 2.09 bits per heavy atom. The Hall–Kier alpha value is -2.04. The number of aromatic nitrogens is 2. The lowest BCUT2D eigenvalue weighted by molar-refractivity contribution is -0.175. The van der Waals surface area contributed by atoms with Crippen molar-refractivity contribution in [1.29, 1.82) is 5.26 Å². The molecule has 2 bridgehead atoms. The number of nitrogens with zero attached hydrogens (tertiary/aromatic N) is 3. The molecule has 0 aromatic carbocycles. The smallest absolute Gasteiger partial charge is 0.330 e. The topological polar surface area (TPSA) is 119 Å². The third-order valence-corrected chi connectivity index (χ3v) is 7.95. The Balaban J connectivity index is 1.95. The predicted molar refractivity (Wildman–Crippen MR) is 122 cm³/mol. The molecule has 2 unspecified atom stereocenters. The molecule has 0 aliphatic carbocycles. The molecule has 2 saturated heterocycles. The third-order valence-electron chi connectivity index (χ3n) is 5.84. The Morgan fingerprint density at radius 3 is 2.67 bits per heavy atom. The molecular formula is C22H31N4O6P. The van der Waals surface area contributed by atoms with Crippen LogP contribution in [-0.4, -0.2) is 57.3 Å². The number of terminal acetylenes is 1. The Bertz CT molecular complexity index is 1030. The van der Waals surface area contributed by atoms with Gasteiger partial charge in [-0.3, -0.25) is 14.3 Å². The molecule has 180 valence electrons. The van der Waals surface area contributed by atoms with Gasteiger partial charge in [0, 0.05) is 18.3 Å². The molecule has 2 aliphatic heterocycles. The van der Waals surface area contributed by atoms with Crippen molar-refractivity contribution in [2.75, 3.05) is 13.2 Å². The van der Waals surface area contributed by atoms with Gasteiger partial charge >= 0.3 is 5.69 Å². The zero-order chi connectivity index (χ0) is 24.3. The van der Waals surface area contributed by atoms with E-state index in [1.165, 1.54) is 10.8 Å². The van der Waals surface area contributed by atoms with Gasteiger partial charge in [0.25, 0.3) is 14.1 Å². The molecule has 5 atom stereocenters. The highest BCUT2D eigenvalue weighted by Crippen LogP contribution is 2.55. The molecule has 11 heteroatoms. The number of hydrogen-bond acceptors (Lipinski definition) is 8. The summed E-state index contributed by atoms with van der Waals surface area (Å²) in [5.74, 6) is 2.28. The quantitative estimate of drug-likeness (QED) is 0.309. The van der Waals surface area contributed by atoms with Gasteiger partial charge in [-0.15, -0.1) is 6.42 Å². The minimum absolute atomic E-state index is 0.0249. The Morgan fingerprint density at radius 1 is 1.39 bits per heavy atom. The highest BCUT2D eigenvalue weighted by Gasteiger charge is 2.63. The summed E-state index contributed by atoms with van der Waals surface area (Å²) < 4.78 is 28.4. The second kappa shape index (κ2) is 10.5. The van der Waals surface area contributed by atoms with Crippen molar-refractivity contribution >= 4 is 8.53 Å². The molecule has 33 heavy (non-hydrogen) atoms. The maximum atomic E-state index is 12.6. The van der Waals surface area contributed by atoms with E-state index in [4.69, 9.17) is 30.2 Å². The molecule has 1 N–H and O–H groups in total. The van der Waals surface area contributed by atoms with Crippen LogP contribution in [0, 0.1) is 23.7 Å². The number of hydrogen-bond donors (Lipinski definition) is 1. The molecular weight excluding hydrogens is 447 g/mol. The van der Waals surface area contributed by atoms with Crippen molar-refractivity contribution in [2.45, 2.75) is 83.6 Å². The van der Waals surface area contributed by atoms with Gasteiger partial charge in [0.1, 0.15) is 23.4 Å². The summed E-state index contributed by atoms with van der Waals surface area (Å²) in [6, 6.07) is 2.36. The van der Waals surface area contributed by atoms with Crippen LogP contribution in [0.1, 0.15) is 59.3 Å². The maximum absolute atomic E-state index is 12.6. The largest absolute Gasteiger partial charge is 0.368 e. The van der Waals surface area contributed by atoms with Crippen LogP contribution in [0.4, 0.5) is 0 Å². The van der Waals surface area contributed by atoms with Gasteiger partial charge < -0.3 is 18.5 Å². The second-order valence-electron chi connectivity index (χ2n) is 8.63. The van der Waals surface area contributed by atoms with Crippen molar-refractivity contribution < 1.29 is 18.5 Å². The number of aromatic amines is 1. The third kappa shape index (κ3) is 4.93. The lowest BCUT2D eigenvalue weighted by Crippen LogP contribution is -2.43. The molecule has 1 aromatic rings. The molecule has 2 fully saturated rings. The summed E-state index contributed by atoms with van der Waals surface area (Å²) in [4.78, 5) is 26.7. The van der Waals surface area contributed by atoms with E-state index >= 15 is 0 Å². The van der Waals surface area contributed by atoms with E-state index in [1.807, 2.05) is 6.92 Å². The molecule has 0 amide bonds. The minimum Gasteiger partial charge on any atom is -0.368 e. The number of rotatable bonds is 10. The van der Waals surface area contributed by atoms with Gasteiger partial charge in [0.2, 0.25) is 0 Å². The van der Waals surface area contributed by atoms with Crippen LogP contribution in [0.25, 0.3) is 0 Å². The number of nitrogens with one attached hydrogen (secondary N) is 1. The van der Waals surface area contributed by atoms with Crippen LogP contribution in [0.3, 0.4) is 0 Å². The molecule has 3 rings (SSSR count). The molecule has 0 radical (unpaired) electrons. The van der Waals surface area contributed by atoms with Crippen molar-refractivity contribution in [2.24, 2.45) is 0 Å². The average Bonchev–Trinajstić information content (AvgIpc) is 3.25. The van der Waals surface area contributed by atoms with E-state index in [0.717, 1.165) is 0 Å². The normalized spacial score (nSPS) is 27.3. The fourth-order valence-corrected chi connectivity index (χ4v) is 6.08. The van der Waals surface area contributed by atoms with Crippen molar-refractivity contribution in [3.8, 4) is 18.4 Å². The lowest BCUT2D eigenvalue weighted by atomic mass is 9.96. The first kappa shape index (κ1) is 25.6. The summed E-state index contributed by atoms with van der Waals surface area (Å²) in [6.45, 7) is 10.7.